The summed E-state index contributed by atoms with van der Waals surface area (Å²) >= 11 is 0. The van der Waals surface area contributed by atoms with Crippen LogP contribution in [0.15, 0.2) is 85.1 Å². The van der Waals surface area contributed by atoms with Crippen LogP contribution in [0.4, 0.5) is 27.5 Å². The fourth-order valence-electron chi connectivity index (χ4n) is 8.04. The average molecular weight is 786 g/mol. The number of anilines is 4. The number of hydrogen-bond acceptors (Lipinski definition) is 9. The zero-order chi connectivity index (χ0) is 40.3. The van der Waals surface area contributed by atoms with Gasteiger partial charge in [0.25, 0.3) is 11.8 Å². The van der Waals surface area contributed by atoms with Crippen molar-refractivity contribution in [2.45, 2.75) is 31.7 Å². The van der Waals surface area contributed by atoms with Gasteiger partial charge in [0, 0.05) is 98.8 Å². The highest BCUT2D eigenvalue weighted by molar-refractivity contribution is 6.23. The minimum atomic E-state index is -0.994. The number of aromatic nitrogens is 1. The number of nitrogens with one attached hydrogen (secondary N) is 5. The molecule has 1 atom stereocenters. The van der Waals surface area contributed by atoms with Crippen LogP contribution in [0.3, 0.4) is 0 Å². The summed E-state index contributed by atoms with van der Waals surface area (Å²) in [7, 11) is 0. The van der Waals surface area contributed by atoms with Crippen molar-refractivity contribution in [1.82, 2.24) is 25.0 Å². The lowest BCUT2D eigenvalue weighted by molar-refractivity contribution is -0.136. The Kier molecular flexibility index (Phi) is 10.7. The summed E-state index contributed by atoms with van der Waals surface area (Å²) in [4.78, 5) is 98.8. The van der Waals surface area contributed by atoms with E-state index < -0.39 is 41.6 Å². The first kappa shape index (κ1) is 38.1. The predicted molar refractivity (Wildman–Crippen MR) is 216 cm³/mol. The number of carbonyl (C=O) groups excluding carboxylic acids is 7. The third-order valence-electron chi connectivity index (χ3n) is 11.2. The molecule has 8 amide bonds. The maximum absolute atomic E-state index is 13.3. The van der Waals surface area contributed by atoms with Gasteiger partial charge in [-0.2, -0.15) is 0 Å². The predicted octanol–water partition coefficient (Wildman–Crippen LogP) is 3.77. The number of imide groups is 2. The molecule has 4 aliphatic rings. The number of aromatic amines is 1. The minimum Gasteiger partial charge on any atom is -0.369 e. The Morgan fingerprint density at radius 2 is 1.40 bits per heavy atom. The highest BCUT2D eigenvalue weighted by atomic mass is 16.2. The second kappa shape index (κ2) is 16.3. The maximum atomic E-state index is 13.3. The van der Waals surface area contributed by atoms with E-state index in [0.29, 0.717) is 36.1 Å². The molecule has 0 bridgehead atoms. The van der Waals surface area contributed by atoms with Gasteiger partial charge in [0.1, 0.15) is 6.04 Å². The van der Waals surface area contributed by atoms with Gasteiger partial charge in [-0.3, -0.25) is 43.9 Å². The number of hydrogen-bond donors (Lipinski definition) is 5. The summed E-state index contributed by atoms with van der Waals surface area (Å²) in [6, 6.07) is 18.0. The minimum absolute atomic E-state index is 0.0742. The first-order chi connectivity index (χ1) is 28.1. The van der Waals surface area contributed by atoms with Crippen molar-refractivity contribution in [1.29, 1.82) is 0 Å². The molecule has 5 heterocycles. The summed E-state index contributed by atoms with van der Waals surface area (Å²) in [6.07, 6.45) is 6.28. The van der Waals surface area contributed by atoms with Gasteiger partial charge in [-0.15, -0.1) is 0 Å². The molecule has 0 aliphatic carbocycles. The number of fused-ring (bicyclic) bond motifs is 2. The molecule has 4 aromatic rings. The number of benzene rings is 3. The quantitative estimate of drug-likeness (QED) is 0.124. The molecule has 1 aromatic heterocycles. The number of amides is 8. The fraction of sp³-hybridized carbons (Fsp3) is 0.310. The molecule has 0 radical (unpaired) electrons. The summed E-state index contributed by atoms with van der Waals surface area (Å²) in [6.45, 7) is 5.26. The average Bonchev–Trinajstić information content (AvgIpc) is 3.79. The first-order valence-electron chi connectivity index (χ1n) is 19.4. The molecular weight excluding hydrogens is 743 g/mol. The van der Waals surface area contributed by atoms with Gasteiger partial charge in [0.15, 0.2) is 0 Å². The number of piperidine rings is 2. The molecule has 16 heteroatoms. The molecular formula is C42H43N9O7. The van der Waals surface area contributed by atoms with E-state index in [1.54, 1.807) is 41.3 Å². The molecule has 1 unspecified atom stereocenters. The van der Waals surface area contributed by atoms with Crippen molar-refractivity contribution in [3.05, 3.63) is 96.2 Å². The Bertz CT molecular complexity index is 2320. The third-order valence-corrected chi connectivity index (χ3v) is 11.2. The lowest BCUT2D eigenvalue weighted by Gasteiger charge is -2.39. The molecule has 0 saturated carbocycles. The Labute approximate surface area is 333 Å². The normalized spacial score (nSPS) is 19.1. The van der Waals surface area contributed by atoms with E-state index in [1.165, 1.54) is 12.2 Å². The van der Waals surface area contributed by atoms with Gasteiger partial charge < -0.3 is 30.7 Å². The summed E-state index contributed by atoms with van der Waals surface area (Å²) < 4.78 is 0. The molecule has 58 heavy (non-hydrogen) atoms. The molecule has 16 nitrogen and oxygen atoms in total. The monoisotopic (exact) mass is 785 g/mol. The van der Waals surface area contributed by atoms with Gasteiger partial charge in [-0.25, -0.2) is 4.79 Å². The van der Waals surface area contributed by atoms with Crippen molar-refractivity contribution < 1.29 is 33.6 Å². The van der Waals surface area contributed by atoms with E-state index >= 15 is 0 Å². The number of H-pyrrole nitrogens is 1. The number of urea groups is 1. The summed E-state index contributed by atoms with van der Waals surface area (Å²) in [5.74, 6) is -2.28. The molecule has 0 spiro atoms. The summed E-state index contributed by atoms with van der Waals surface area (Å²) in [5.41, 5.74) is 4.01. The Balaban J connectivity index is 0.741. The van der Waals surface area contributed by atoms with E-state index in [1.807, 2.05) is 36.5 Å². The fourth-order valence-corrected chi connectivity index (χ4v) is 8.04. The number of piperazine rings is 1. The highest BCUT2D eigenvalue weighted by Gasteiger charge is 2.45. The van der Waals surface area contributed by atoms with Crippen molar-refractivity contribution >= 4 is 75.1 Å². The first-order valence-corrected chi connectivity index (χ1v) is 19.4. The molecule has 3 fully saturated rings. The van der Waals surface area contributed by atoms with Crippen molar-refractivity contribution in [3.63, 3.8) is 0 Å². The van der Waals surface area contributed by atoms with Crippen molar-refractivity contribution in [2.75, 3.05) is 66.7 Å². The van der Waals surface area contributed by atoms with E-state index in [0.717, 1.165) is 67.1 Å². The molecule has 8 rings (SSSR count). The Morgan fingerprint density at radius 1 is 0.707 bits per heavy atom. The van der Waals surface area contributed by atoms with Gasteiger partial charge in [0.05, 0.1) is 11.1 Å². The second-order valence-corrected chi connectivity index (χ2v) is 15.0. The van der Waals surface area contributed by atoms with E-state index in [9.17, 15) is 33.6 Å². The summed E-state index contributed by atoms with van der Waals surface area (Å²) in [5, 5.41) is 11.6. The third kappa shape index (κ3) is 8.32. The van der Waals surface area contributed by atoms with Crippen LogP contribution < -0.4 is 26.2 Å². The van der Waals surface area contributed by atoms with Gasteiger partial charge >= 0.3 is 6.03 Å². The second-order valence-electron chi connectivity index (χ2n) is 15.0. The van der Waals surface area contributed by atoms with Crippen LogP contribution in [0.5, 0.6) is 0 Å². The van der Waals surface area contributed by atoms with Gasteiger partial charge in [0.2, 0.25) is 23.6 Å². The van der Waals surface area contributed by atoms with Crippen molar-refractivity contribution in [3.8, 4) is 0 Å². The molecule has 5 N–H and O–H groups in total. The highest BCUT2D eigenvalue weighted by Crippen LogP contribution is 2.31. The Hall–Kier alpha value is -6.81. The Morgan fingerprint density at radius 3 is 2.14 bits per heavy atom. The topological polar surface area (TPSA) is 196 Å². The smallest absolute Gasteiger partial charge is 0.323 e. The lowest BCUT2D eigenvalue weighted by Crippen LogP contribution is -2.54. The number of rotatable bonds is 9. The van der Waals surface area contributed by atoms with Crippen LogP contribution in [-0.2, 0) is 19.2 Å². The van der Waals surface area contributed by atoms with E-state index in [-0.39, 0.29) is 29.9 Å². The number of nitrogens with zero attached hydrogens (tertiary/aromatic N) is 4. The number of carbonyl (C=O) groups is 7. The van der Waals surface area contributed by atoms with Crippen LogP contribution in [0, 0.1) is 5.92 Å². The van der Waals surface area contributed by atoms with Crippen LogP contribution in [0.2, 0.25) is 0 Å². The standard InChI is InChI=1S/C42H43N9O7/c52-36(44-28-3-5-29(6-4-28)45-42(58)46-30-2-1-27-13-16-43-34(27)23-30)11-12-38(54)50-17-14-26(15-18-50)25-48-19-21-49(22-20-48)31-7-8-32-33(24-31)41(57)51(40(32)56)35-9-10-37(53)47-39(35)55/h1-8,11-13,16,23-24,26,35,43H,9-10,14-15,17-22,25H2,(H,44,52)(H2,45,46,58)(H,47,53,55)/b12-11+. The molecule has 298 valence electrons. The van der Waals surface area contributed by atoms with Gasteiger partial charge in [-0.1, -0.05) is 6.07 Å². The largest absolute Gasteiger partial charge is 0.369 e. The molecule has 3 saturated heterocycles. The van der Waals surface area contributed by atoms with E-state index in [4.69, 9.17) is 0 Å². The van der Waals surface area contributed by atoms with E-state index in [2.05, 4.69) is 36.1 Å². The molecule has 4 aliphatic heterocycles. The number of likely N-dealkylation sites (tertiary alicyclic amines) is 1. The zero-order valence-electron chi connectivity index (χ0n) is 31.7. The zero-order valence-corrected chi connectivity index (χ0v) is 31.7. The van der Waals surface area contributed by atoms with Crippen LogP contribution >= 0.6 is 0 Å². The van der Waals surface area contributed by atoms with Crippen LogP contribution in [-0.4, -0.2) is 113 Å². The maximum Gasteiger partial charge on any atom is 0.323 e. The van der Waals surface area contributed by atoms with Crippen molar-refractivity contribution in [2.24, 2.45) is 5.92 Å². The SMILES string of the molecule is O=C(/C=C/C(=O)N1CCC(CN2CCN(c3ccc4c(c3)C(=O)N(C3CCC(=O)NC3=O)C4=O)CC2)CC1)Nc1ccc(NC(=O)Nc2ccc3cc[nH]c3c2)cc1. The lowest BCUT2D eigenvalue weighted by atomic mass is 9.95. The van der Waals surface area contributed by atoms with Crippen LogP contribution in [0.1, 0.15) is 46.4 Å². The molecule has 3 aromatic carbocycles. The van der Waals surface area contributed by atoms with Gasteiger partial charge in [-0.05, 0) is 91.2 Å². The van der Waals surface area contributed by atoms with Crippen LogP contribution in [0.25, 0.3) is 10.9 Å².